The molecule has 0 saturated heterocycles. The standard InChI is InChI=1S/C16H15BrClN5O3S2/c1-23(2)28(25,26)14-10(18)7-8-12(13(14)24)20-16-15(21-27-22-16)19-11-6-4-3-5-9(11)17/h3-8,24H,1-2H3,(H,19,21)(H,20,22). The number of phenolic OH excluding ortho intramolecular Hbond substituents is 1. The highest BCUT2D eigenvalue weighted by Gasteiger charge is 2.27. The zero-order chi connectivity index (χ0) is 20.5. The number of phenols is 1. The highest BCUT2D eigenvalue weighted by Crippen LogP contribution is 2.40. The SMILES string of the molecule is CN(C)S(=O)(=O)c1c(Cl)ccc(Nc2nsnc2Nc2ccccc2Br)c1O. The van der Waals surface area contributed by atoms with Crippen LogP contribution in [0.5, 0.6) is 5.75 Å². The number of aromatic hydroxyl groups is 1. The molecular formula is C16H15BrClN5O3S2. The minimum absolute atomic E-state index is 0.0836. The summed E-state index contributed by atoms with van der Waals surface area (Å²) in [5.41, 5.74) is 0.905. The largest absolute Gasteiger partial charge is 0.504 e. The first-order valence-corrected chi connectivity index (χ1v) is 11.1. The van der Waals surface area contributed by atoms with Gasteiger partial charge in [-0.05, 0) is 40.2 Å². The van der Waals surface area contributed by atoms with Crippen molar-refractivity contribution in [2.45, 2.75) is 4.90 Å². The number of halogens is 2. The Kier molecular flexibility index (Phi) is 6.10. The average molecular weight is 505 g/mol. The second-order valence-corrected chi connectivity index (χ2v) is 9.63. The van der Waals surface area contributed by atoms with Gasteiger partial charge in [-0.2, -0.15) is 8.75 Å². The maximum Gasteiger partial charge on any atom is 0.247 e. The van der Waals surface area contributed by atoms with Gasteiger partial charge in [0, 0.05) is 18.6 Å². The third-order valence-corrected chi connectivity index (χ3v) is 7.23. The van der Waals surface area contributed by atoms with Gasteiger partial charge in [-0.15, -0.1) is 0 Å². The summed E-state index contributed by atoms with van der Waals surface area (Å²) in [4.78, 5) is -0.382. The molecule has 3 N–H and O–H groups in total. The van der Waals surface area contributed by atoms with E-state index in [-0.39, 0.29) is 15.6 Å². The lowest BCUT2D eigenvalue weighted by Crippen LogP contribution is -2.22. The minimum Gasteiger partial charge on any atom is -0.504 e. The van der Waals surface area contributed by atoms with Gasteiger partial charge in [0.1, 0.15) is 4.90 Å². The van der Waals surface area contributed by atoms with E-state index in [0.717, 1.165) is 26.2 Å². The summed E-state index contributed by atoms with van der Waals surface area (Å²) in [6.45, 7) is 0. The molecule has 148 valence electrons. The van der Waals surface area contributed by atoms with E-state index in [2.05, 4.69) is 35.3 Å². The van der Waals surface area contributed by atoms with E-state index in [1.165, 1.54) is 26.2 Å². The first kappa shape index (κ1) is 20.8. The number of anilines is 4. The molecule has 12 heteroatoms. The number of sulfonamides is 1. The van der Waals surface area contributed by atoms with E-state index < -0.39 is 15.8 Å². The number of rotatable bonds is 6. The van der Waals surface area contributed by atoms with Crippen molar-refractivity contribution >= 4 is 72.3 Å². The van der Waals surface area contributed by atoms with Crippen molar-refractivity contribution in [3.05, 3.63) is 45.9 Å². The number of hydrogen-bond acceptors (Lipinski definition) is 8. The molecular weight excluding hydrogens is 490 g/mol. The predicted molar refractivity (Wildman–Crippen MR) is 115 cm³/mol. The number of hydrogen-bond donors (Lipinski definition) is 3. The van der Waals surface area contributed by atoms with Crippen LogP contribution in [-0.2, 0) is 10.0 Å². The van der Waals surface area contributed by atoms with Crippen LogP contribution in [0.2, 0.25) is 5.02 Å². The second kappa shape index (κ2) is 8.21. The molecule has 8 nitrogen and oxygen atoms in total. The topological polar surface area (TPSA) is 107 Å². The summed E-state index contributed by atoms with van der Waals surface area (Å²) < 4.78 is 35.1. The molecule has 0 aliphatic rings. The molecule has 1 heterocycles. The summed E-state index contributed by atoms with van der Waals surface area (Å²) in [6.07, 6.45) is 0. The van der Waals surface area contributed by atoms with E-state index in [4.69, 9.17) is 11.6 Å². The number of aromatic nitrogens is 2. The van der Waals surface area contributed by atoms with Crippen LogP contribution in [0, 0.1) is 0 Å². The van der Waals surface area contributed by atoms with Crippen molar-refractivity contribution in [1.29, 1.82) is 0 Å². The Morgan fingerprint density at radius 1 is 1.07 bits per heavy atom. The van der Waals surface area contributed by atoms with Crippen molar-refractivity contribution in [3.8, 4) is 5.75 Å². The lowest BCUT2D eigenvalue weighted by Gasteiger charge is -2.16. The molecule has 0 unspecified atom stereocenters. The van der Waals surface area contributed by atoms with Crippen molar-refractivity contribution < 1.29 is 13.5 Å². The highest BCUT2D eigenvalue weighted by atomic mass is 79.9. The highest BCUT2D eigenvalue weighted by molar-refractivity contribution is 9.10. The first-order chi connectivity index (χ1) is 13.2. The Bertz CT molecular complexity index is 1120. The molecule has 28 heavy (non-hydrogen) atoms. The number of nitrogens with one attached hydrogen (secondary N) is 2. The molecule has 0 amide bonds. The van der Waals surface area contributed by atoms with Crippen LogP contribution in [0.25, 0.3) is 0 Å². The van der Waals surface area contributed by atoms with E-state index in [9.17, 15) is 13.5 Å². The number of para-hydroxylation sites is 1. The predicted octanol–water partition coefficient (Wildman–Crippen LogP) is 4.40. The summed E-state index contributed by atoms with van der Waals surface area (Å²) >= 11 is 10.4. The molecule has 0 radical (unpaired) electrons. The van der Waals surface area contributed by atoms with Gasteiger partial charge in [0.25, 0.3) is 0 Å². The van der Waals surface area contributed by atoms with Gasteiger partial charge in [-0.3, -0.25) is 0 Å². The Labute approximate surface area is 179 Å². The molecule has 0 aliphatic carbocycles. The Morgan fingerprint density at radius 3 is 2.29 bits per heavy atom. The van der Waals surface area contributed by atoms with Crippen molar-refractivity contribution in [2.24, 2.45) is 0 Å². The average Bonchev–Trinajstić information content (AvgIpc) is 3.06. The summed E-state index contributed by atoms with van der Waals surface area (Å²) in [5.74, 6) is 0.246. The lowest BCUT2D eigenvalue weighted by atomic mass is 10.3. The fourth-order valence-electron chi connectivity index (χ4n) is 2.25. The van der Waals surface area contributed by atoms with E-state index >= 15 is 0 Å². The fraction of sp³-hybridized carbons (Fsp3) is 0.125. The Balaban J connectivity index is 1.96. The van der Waals surface area contributed by atoms with Crippen LogP contribution in [-0.4, -0.2) is 40.7 Å². The van der Waals surface area contributed by atoms with Crippen LogP contribution in [0.3, 0.4) is 0 Å². The quantitative estimate of drug-likeness (QED) is 0.427. The van der Waals surface area contributed by atoms with Crippen molar-refractivity contribution in [2.75, 3.05) is 24.7 Å². The summed E-state index contributed by atoms with van der Waals surface area (Å²) in [5, 5.41) is 16.5. The fourth-order valence-corrected chi connectivity index (χ4v) is 4.58. The van der Waals surface area contributed by atoms with E-state index in [1.54, 1.807) is 0 Å². The Morgan fingerprint density at radius 2 is 1.68 bits per heavy atom. The molecule has 0 saturated carbocycles. The van der Waals surface area contributed by atoms with Crippen LogP contribution >= 0.6 is 39.3 Å². The van der Waals surface area contributed by atoms with Gasteiger partial charge in [-0.25, -0.2) is 12.7 Å². The molecule has 3 rings (SSSR count). The number of nitrogens with zero attached hydrogens (tertiary/aromatic N) is 3. The molecule has 0 bridgehead atoms. The zero-order valence-electron chi connectivity index (χ0n) is 14.6. The van der Waals surface area contributed by atoms with Gasteiger partial charge < -0.3 is 15.7 Å². The smallest absolute Gasteiger partial charge is 0.247 e. The Hall–Kier alpha value is -1.92. The van der Waals surface area contributed by atoms with E-state index in [1.807, 2.05) is 24.3 Å². The lowest BCUT2D eigenvalue weighted by molar-refractivity contribution is 0.455. The normalized spacial score (nSPS) is 11.6. The van der Waals surface area contributed by atoms with Crippen LogP contribution in [0.15, 0.2) is 45.8 Å². The van der Waals surface area contributed by atoms with Crippen LogP contribution < -0.4 is 10.6 Å². The van der Waals surface area contributed by atoms with Gasteiger partial charge in [0.05, 0.1) is 28.1 Å². The maximum atomic E-state index is 12.5. The number of benzene rings is 2. The third-order valence-electron chi connectivity index (χ3n) is 3.69. The maximum absolute atomic E-state index is 12.5. The molecule has 1 aromatic heterocycles. The molecule has 3 aromatic rings. The van der Waals surface area contributed by atoms with Gasteiger partial charge >= 0.3 is 0 Å². The van der Waals surface area contributed by atoms with Crippen molar-refractivity contribution in [3.63, 3.8) is 0 Å². The van der Waals surface area contributed by atoms with Crippen molar-refractivity contribution in [1.82, 2.24) is 13.1 Å². The summed E-state index contributed by atoms with van der Waals surface area (Å²) in [7, 11) is -1.23. The third kappa shape index (κ3) is 4.08. The van der Waals surface area contributed by atoms with Crippen LogP contribution in [0.4, 0.5) is 23.0 Å². The zero-order valence-corrected chi connectivity index (χ0v) is 18.6. The van der Waals surface area contributed by atoms with Gasteiger partial charge in [0.15, 0.2) is 17.4 Å². The second-order valence-electron chi connectivity index (χ2n) is 5.75. The molecule has 2 aromatic carbocycles. The van der Waals surface area contributed by atoms with E-state index in [0.29, 0.717) is 11.6 Å². The van der Waals surface area contributed by atoms with Gasteiger partial charge in [-0.1, -0.05) is 23.7 Å². The molecule has 0 spiro atoms. The van der Waals surface area contributed by atoms with Crippen LogP contribution in [0.1, 0.15) is 0 Å². The first-order valence-electron chi connectivity index (χ1n) is 7.77. The van der Waals surface area contributed by atoms with Gasteiger partial charge in [0.2, 0.25) is 10.0 Å². The molecule has 0 aliphatic heterocycles. The molecule has 0 fully saturated rings. The minimum atomic E-state index is -3.95. The molecule has 0 atom stereocenters. The summed E-state index contributed by atoms with van der Waals surface area (Å²) in [6, 6.07) is 10.3. The monoisotopic (exact) mass is 503 g/mol.